The molecule has 1 saturated carbocycles. The molecule has 4 rings (SSSR count). The van der Waals surface area contributed by atoms with Crippen LogP contribution in [0.25, 0.3) is 20.2 Å². The van der Waals surface area contributed by atoms with E-state index in [4.69, 9.17) is 0 Å². The van der Waals surface area contributed by atoms with E-state index in [0.29, 0.717) is 31.2 Å². The molecular formula is C23H29N3O2S. The fraction of sp³-hybridized carbons (Fsp3) is 0.522. The highest BCUT2D eigenvalue weighted by molar-refractivity contribution is 7.26. The number of thiophene rings is 1. The number of rotatable bonds is 5. The monoisotopic (exact) mass is 411 g/mol. The number of aromatic nitrogens is 2. The van der Waals surface area contributed by atoms with Crippen molar-refractivity contribution in [2.24, 2.45) is 11.8 Å². The normalized spacial score (nSPS) is 22.2. The predicted molar refractivity (Wildman–Crippen MR) is 119 cm³/mol. The first-order chi connectivity index (χ1) is 14.0. The van der Waals surface area contributed by atoms with Crippen LogP contribution in [-0.2, 0) is 11.3 Å². The van der Waals surface area contributed by atoms with Crippen LogP contribution >= 0.6 is 11.3 Å². The average Bonchev–Trinajstić information content (AvgIpc) is 3.10. The van der Waals surface area contributed by atoms with Crippen LogP contribution in [0.3, 0.4) is 0 Å². The number of fused-ring (bicyclic) bond motifs is 3. The lowest BCUT2D eigenvalue weighted by atomic mass is 9.78. The summed E-state index contributed by atoms with van der Waals surface area (Å²) >= 11 is 1.62. The van der Waals surface area contributed by atoms with Gasteiger partial charge in [0.25, 0.3) is 5.56 Å². The Morgan fingerprint density at radius 1 is 1.28 bits per heavy atom. The topological polar surface area (TPSA) is 64.0 Å². The van der Waals surface area contributed by atoms with Crippen molar-refractivity contribution in [1.29, 1.82) is 0 Å². The van der Waals surface area contributed by atoms with E-state index in [1.807, 2.05) is 31.2 Å². The zero-order chi connectivity index (χ0) is 20.5. The Bertz CT molecular complexity index is 1100. The summed E-state index contributed by atoms with van der Waals surface area (Å²) in [5.74, 6) is 1.27. The highest BCUT2D eigenvalue weighted by Gasteiger charge is 2.27. The molecule has 0 radical (unpaired) electrons. The first kappa shape index (κ1) is 20.1. The van der Waals surface area contributed by atoms with Crippen molar-refractivity contribution in [2.45, 2.75) is 65.5 Å². The highest BCUT2D eigenvalue weighted by Crippen LogP contribution is 2.32. The molecule has 0 bridgehead atoms. The summed E-state index contributed by atoms with van der Waals surface area (Å²) in [6.07, 6.45) is 4.54. The average molecular weight is 412 g/mol. The van der Waals surface area contributed by atoms with Crippen LogP contribution in [0.15, 0.2) is 29.1 Å². The van der Waals surface area contributed by atoms with E-state index in [2.05, 4.69) is 24.3 Å². The first-order valence-corrected chi connectivity index (χ1v) is 11.5. The molecule has 3 unspecified atom stereocenters. The van der Waals surface area contributed by atoms with Gasteiger partial charge in [-0.2, -0.15) is 5.10 Å². The molecule has 1 N–H and O–H groups in total. The number of amides is 1. The molecule has 1 fully saturated rings. The molecular weight excluding hydrogens is 382 g/mol. The third-order valence-corrected chi connectivity index (χ3v) is 7.75. The van der Waals surface area contributed by atoms with Crippen LogP contribution < -0.4 is 10.9 Å². The summed E-state index contributed by atoms with van der Waals surface area (Å²) in [6.45, 7) is 6.92. The summed E-state index contributed by atoms with van der Waals surface area (Å²) in [6, 6.07) is 8.28. The van der Waals surface area contributed by atoms with Crippen LogP contribution in [0.1, 0.15) is 51.6 Å². The van der Waals surface area contributed by atoms with Gasteiger partial charge in [-0.15, -0.1) is 11.3 Å². The lowest BCUT2D eigenvalue weighted by Gasteiger charge is -2.34. The molecule has 3 aromatic rings. The molecule has 1 aliphatic carbocycles. The van der Waals surface area contributed by atoms with Crippen molar-refractivity contribution in [3.63, 3.8) is 0 Å². The molecule has 0 aliphatic heterocycles. The molecule has 1 amide bonds. The third kappa shape index (κ3) is 3.95. The minimum atomic E-state index is -0.0572. The Morgan fingerprint density at radius 2 is 2.07 bits per heavy atom. The van der Waals surface area contributed by atoms with Crippen molar-refractivity contribution in [1.82, 2.24) is 15.1 Å². The largest absolute Gasteiger partial charge is 0.353 e. The van der Waals surface area contributed by atoms with E-state index in [9.17, 15) is 9.59 Å². The molecule has 29 heavy (non-hydrogen) atoms. The molecule has 6 heteroatoms. The SMILES string of the molecule is Cc1nn(CCCC(=O)NC2CCCC(C)C2C)c(=O)c2c1sc1ccccc12. The van der Waals surface area contributed by atoms with Crippen molar-refractivity contribution < 1.29 is 4.79 Å². The minimum absolute atomic E-state index is 0.0572. The summed E-state index contributed by atoms with van der Waals surface area (Å²) in [7, 11) is 0. The molecule has 5 nitrogen and oxygen atoms in total. The molecule has 154 valence electrons. The van der Waals surface area contributed by atoms with E-state index in [1.54, 1.807) is 11.3 Å². The Kier molecular flexibility index (Phi) is 5.72. The lowest BCUT2D eigenvalue weighted by molar-refractivity contribution is -0.122. The molecule has 1 aliphatic rings. The molecule has 0 saturated heterocycles. The van der Waals surface area contributed by atoms with Crippen LogP contribution in [0.4, 0.5) is 0 Å². The molecule has 2 heterocycles. The van der Waals surface area contributed by atoms with E-state index >= 15 is 0 Å². The van der Waals surface area contributed by atoms with Crippen LogP contribution in [0.5, 0.6) is 0 Å². The maximum Gasteiger partial charge on any atom is 0.276 e. The summed E-state index contributed by atoms with van der Waals surface area (Å²) in [5, 5.41) is 9.48. The van der Waals surface area contributed by atoms with Gasteiger partial charge in [0, 0.05) is 29.1 Å². The van der Waals surface area contributed by atoms with Gasteiger partial charge in [0.15, 0.2) is 0 Å². The van der Waals surface area contributed by atoms with Gasteiger partial charge in [-0.05, 0) is 37.7 Å². The number of hydrogen-bond donors (Lipinski definition) is 1. The van der Waals surface area contributed by atoms with Crippen molar-refractivity contribution in [3.05, 3.63) is 40.3 Å². The maximum atomic E-state index is 13.0. The second kappa shape index (κ2) is 8.27. The van der Waals surface area contributed by atoms with E-state index < -0.39 is 0 Å². The van der Waals surface area contributed by atoms with Crippen molar-refractivity contribution >= 4 is 37.4 Å². The number of nitrogens with zero attached hydrogens (tertiary/aromatic N) is 2. The maximum absolute atomic E-state index is 13.0. The van der Waals surface area contributed by atoms with Gasteiger partial charge < -0.3 is 5.32 Å². The zero-order valence-electron chi connectivity index (χ0n) is 17.4. The van der Waals surface area contributed by atoms with E-state index in [1.165, 1.54) is 17.5 Å². The van der Waals surface area contributed by atoms with E-state index in [-0.39, 0.29) is 17.5 Å². The van der Waals surface area contributed by atoms with Gasteiger partial charge >= 0.3 is 0 Å². The van der Waals surface area contributed by atoms with Crippen LogP contribution in [0, 0.1) is 18.8 Å². The lowest BCUT2D eigenvalue weighted by Crippen LogP contribution is -2.43. The van der Waals surface area contributed by atoms with Gasteiger partial charge in [-0.25, -0.2) is 4.68 Å². The van der Waals surface area contributed by atoms with Gasteiger partial charge in [0.05, 0.1) is 15.8 Å². The smallest absolute Gasteiger partial charge is 0.276 e. The number of carbonyl (C=O) groups is 1. The quantitative estimate of drug-likeness (QED) is 0.665. The first-order valence-electron chi connectivity index (χ1n) is 10.6. The number of benzene rings is 1. The fourth-order valence-electron chi connectivity index (χ4n) is 4.52. The Hall–Kier alpha value is -2.21. The van der Waals surface area contributed by atoms with Gasteiger partial charge in [-0.3, -0.25) is 9.59 Å². The second-order valence-electron chi connectivity index (χ2n) is 8.46. The number of carbonyl (C=O) groups excluding carboxylic acids is 1. The highest BCUT2D eigenvalue weighted by atomic mass is 32.1. The Labute approximate surface area is 175 Å². The molecule has 0 spiro atoms. The predicted octanol–water partition coefficient (Wildman–Crippen LogP) is 4.64. The Balaban J connectivity index is 1.45. The Morgan fingerprint density at radius 3 is 2.90 bits per heavy atom. The van der Waals surface area contributed by atoms with Gasteiger partial charge in [0.1, 0.15) is 0 Å². The number of aryl methyl sites for hydroxylation is 2. The minimum Gasteiger partial charge on any atom is -0.353 e. The molecule has 2 aromatic heterocycles. The summed E-state index contributed by atoms with van der Waals surface area (Å²) < 4.78 is 3.61. The third-order valence-electron chi connectivity index (χ3n) is 6.47. The number of hydrogen-bond acceptors (Lipinski definition) is 4. The zero-order valence-corrected chi connectivity index (χ0v) is 18.2. The van der Waals surface area contributed by atoms with Crippen LogP contribution in [-0.4, -0.2) is 21.7 Å². The van der Waals surface area contributed by atoms with E-state index in [0.717, 1.165) is 32.3 Å². The summed E-state index contributed by atoms with van der Waals surface area (Å²) in [4.78, 5) is 25.5. The van der Waals surface area contributed by atoms with Gasteiger partial charge in [0.2, 0.25) is 5.91 Å². The molecule has 1 aromatic carbocycles. The van der Waals surface area contributed by atoms with Gasteiger partial charge in [-0.1, -0.05) is 44.9 Å². The van der Waals surface area contributed by atoms with Crippen molar-refractivity contribution in [2.75, 3.05) is 0 Å². The summed E-state index contributed by atoms with van der Waals surface area (Å²) in [5.41, 5.74) is 0.813. The second-order valence-corrected chi connectivity index (χ2v) is 9.51. The number of nitrogens with one attached hydrogen (secondary N) is 1. The molecule has 3 atom stereocenters. The van der Waals surface area contributed by atoms with Crippen LogP contribution in [0.2, 0.25) is 0 Å². The standard InChI is InChI=1S/C23H29N3O2S/c1-14-8-6-10-18(15(14)2)24-20(27)12-7-13-26-23(28)21-17-9-4-5-11-19(17)29-22(21)16(3)25-26/h4-5,9,11,14-15,18H,6-8,10,12-13H2,1-3H3,(H,24,27). The van der Waals surface area contributed by atoms with Crippen molar-refractivity contribution in [3.8, 4) is 0 Å². The fourth-order valence-corrected chi connectivity index (χ4v) is 5.65.